The highest BCUT2D eigenvalue weighted by atomic mass is 32.1. The molecule has 0 bridgehead atoms. The smallest absolute Gasteiger partial charge is 0.409 e. The maximum absolute atomic E-state index is 12.8. The number of imide groups is 1. The fourth-order valence-corrected chi connectivity index (χ4v) is 6.48. The Hall–Kier alpha value is -3.31. The van der Waals surface area contributed by atoms with E-state index < -0.39 is 12.0 Å². The summed E-state index contributed by atoms with van der Waals surface area (Å²) < 4.78 is 5.90. The van der Waals surface area contributed by atoms with E-state index in [2.05, 4.69) is 5.32 Å². The molecule has 33 heavy (non-hydrogen) atoms. The first-order valence-corrected chi connectivity index (χ1v) is 12.0. The Bertz CT molecular complexity index is 1250. The van der Waals surface area contributed by atoms with Gasteiger partial charge in [0.05, 0.1) is 23.9 Å². The van der Waals surface area contributed by atoms with Gasteiger partial charge in [-0.25, -0.2) is 9.78 Å². The molecule has 5 rings (SSSR count). The first kappa shape index (κ1) is 21.5. The number of fused-ring (bicyclic) bond motifs is 2. The molecule has 2 aromatic heterocycles. The highest BCUT2D eigenvalue weighted by Crippen LogP contribution is 2.45. The molecule has 0 unspecified atom stereocenters. The van der Waals surface area contributed by atoms with Crippen molar-refractivity contribution in [2.24, 2.45) is 0 Å². The summed E-state index contributed by atoms with van der Waals surface area (Å²) in [5, 5.41) is 4.29. The van der Waals surface area contributed by atoms with E-state index in [4.69, 9.17) is 9.72 Å². The molecule has 0 radical (unpaired) electrons. The zero-order valence-corrected chi connectivity index (χ0v) is 19.4. The maximum Gasteiger partial charge on any atom is 0.409 e. The van der Waals surface area contributed by atoms with Crippen molar-refractivity contribution in [2.75, 3.05) is 25.5 Å². The summed E-state index contributed by atoms with van der Waals surface area (Å²) in [7, 11) is 1.35. The third-order valence-electron chi connectivity index (χ3n) is 5.71. The third-order valence-corrected chi connectivity index (χ3v) is 7.89. The number of methoxy groups -OCH3 is 1. The molecule has 170 valence electrons. The van der Waals surface area contributed by atoms with E-state index in [1.54, 1.807) is 4.90 Å². The zero-order valence-electron chi connectivity index (χ0n) is 17.8. The molecule has 2 aliphatic rings. The van der Waals surface area contributed by atoms with Crippen molar-refractivity contribution >= 4 is 61.7 Å². The maximum atomic E-state index is 12.8. The molecule has 9 nitrogen and oxygen atoms in total. The number of hydrogen-bond acceptors (Lipinski definition) is 8. The molecule has 1 saturated heterocycles. The molecule has 11 heteroatoms. The molecule has 0 aliphatic carbocycles. The predicted molar refractivity (Wildman–Crippen MR) is 124 cm³/mol. The lowest BCUT2D eigenvalue weighted by Gasteiger charge is -2.25. The number of nitrogens with one attached hydrogen (secondary N) is 1. The number of para-hydroxylation sites is 1. The van der Waals surface area contributed by atoms with E-state index in [1.807, 2.05) is 24.3 Å². The molecular weight excluding hydrogens is 464 g/mol. The number of rotatable bonds is 4. The Morgan fingerprint density at radius 1 is 1.12 bits per heavy atom. The van der Waals surface area contributed by atoms with Gasteiger partial charge in [-0.2, -0.15) is 0 Å². The van der Waals surface area contributed by atoms with E-state index in [9.17, 15) is 19.2 Å². The van der Waals surface area contributed by atoms with Gasteiger partial charge in [0.15, 0.2) is 0 Å². The van der Waals surface area contributed by atoms with Crippen molar-refractivity contribution in [2.45, 2.75) is 25.8 Å². The summed E-state index contributed by atoms with van der Waals surface area (Å²) in [4.78, 5) is 57.0. The van der Waals surface area contributed by atoms with E-state index in [0.29, 0.717) is 24.5 Å². The minimum absolute atomic E-state index is 0.139. The van der Waals surface area contributed by atoms with E-state index in [1.165, 1.54) is 29.8 Å². The number of thiazole rings is 1. The topological polar surface area (TPSA) is 109 Å². The van der Waals surface area contributed by atoms with Gasteiger partial charge in [-0.15, -0.1) is 22.7 Å². The summed E-state index contributed by atoms with van der Waals surface area (Å²) in [6.07, 6.45) is 0.483. The van der Waals surface area contributed by atoms with Gasteiger partial charge in [0, 0.05) is 29.8 Å². The van der Waals surface area contributed by atoms with Gasteiger partial charge in [-0.05, 0) is 24.1 Å². The number of benzene rings is 1. The van der Waals surface area contributed by atoms with Crippen LogP contribution in [0.25, 0.3) is 20.8 Å². The Balaban J connectivity index is 1.50. The van der Waals surface area contributed by atoms with Gasteiger partial charge in [0.2, 0.25) is 17.7 Å². The second-order valence-electron chi connectivity index (χ2n) is 7.76. The standard InChI is InChI=1S/C22H20N4O5S2/c1-31-22(30)25-9-8-12-15(10-25)33-21(24-16(27)11-26-17(28)6-7-18(26)29)19(12)20-23-13-4-2-3-5-14(13)32-20/h2-5H,6-11H2,1H3,(H,24,27). The lowest BCUT2D eigenvalue weighted by molar-refractivity contribution is -0.141. The molecule has 4 heterocycles. The van der Waals surface area contributed by atoms with Crippen LogP contribution in [0.2, 0.25) is 0 Å². The first-order chi connectivity index (χ1) is 15.9. The molecule has 1 aromatic carbocycles. The normalized spacial score (nSPS) is 15.8. The number of thiophene rings is 1. The van der Waals surface area contributed by atoms with Gasteiger partial charge >= 0.3 is 6.09 Å². The fraction of sp³-hybridized carbons (Fsp3) is 0.318. The van der Waals surface area contributed by atoms with Crippen molar-refractivity contribution in [1.29, 1.82) is 0 Å². The molecule has 4 amide bonds. The largest absolute Gasteiger partial charge is 0.453 e. The Morgan fingerprint density at radius 2 is 1.88 bits per heavy atom. The average Bonchev–Trinajstić information content (AvgIpc) is 3.48. The van der Waals surface area contributed by atoms with Crippen LogP contribution in [0, 0.1) is 0 Å². The van der Waals surface area contributed by atoms with Crippen LogP contribution >= 0.6 is 22.7 Å². The molecule has 3 aromatic rings. The summed E-state index contributed by atoms with van der Waals surface area (Å²) in [6, 6.07) is 7.82. The number of aromatic nitrogens is 1. The highest BCUT2D eigenvalue weighted by molar-refractivity contribution is 7.22. The van der Waals surface area contributed by atoms with Crippen molar-refractivity contribution in [3.8, 4) is 10.6 Å². The van der Waals surface area contributed by atoms with Crippen LogP contribution in [0.4, 0.5) is 9.80 Å². The van der Waals surface area contributed by atoms with Crippen LogP contribution in [0.3, 0.4) is 0 Å². The second kappa shape index (κ2) is 8.56. The van der Waals surface area contributed by atoms with Crippen LogP contribution in [0.1, 0.15) is 23.3 Å². The van der Waals surface area contributed by atoms with Crippen LogP contribution < -0.4 is 5.32 Å². The third kappa shape index (κ3) is 3.98. The van der Waals surface area contributed by atoms with Crippen LogP contribution in [0.5, 0.6) is 0 Å². The minimum Gasteiger partial charge on any atom is -0.453 e. The molecule has 0 spiro atoms. The number of amides is 4. The summed E-state index contributed by atoms with van der Waals surface area (Å²) in [6.45, 7) is 0.565. The number of nitrogens with zero attached hydrogens (tertiary/aromatic N) is 3. The van der Waals surface area contributed by atoms with E-state index in [0.717, 1.165) is 36.1 Å². The lowest BCUT2D eigenvalue weighted by atomic mass is 10.0. The second-order valence-corrected chi connectivity index (χ2v) is 9.89. The van der Waals surface area contributed by atoms with Crippen molar-refractivity contribution in [3.05, 3.63) is 34.7 Å². The number of anilines is 1. The highest BCUT2D eigenvalue weighted by Gasteiger charge is 2.32. The molecule has 0 saturated carbocycles. The first-order valence-electron chi connectivity index (χ1n) is 10.4. The molecule has 1 N–H and O–H groups in total. The van der Waals surface area contributed by atoms with Gasteiger partial charge in [-0.1, -0.05) is 12.1 Å². The van der Waals surface area contributed by atoms with Crippen molar-refractivity contribution in [3.63, 3.8) is 0 Å². The molecule has 0 atom stereocenters. The van der Waals surface area contributed by atoms with Crippen LogP contribution in [-0.2, 0) is 32.1 Å². The van der Waals surface area contributed by atoms with Crippen LogP contribution in [0.15, 0.2) is 24.3 Å². The monoisotopic (exact) mass is 484 g/mol. The quantitative estimate of drug-likeness (QED) is 0.570. The predicted octanol–water partition coefficient (Wildman–Crippen LogP) is 3.24. The average molecular weight is 485 g/mol. The Kier molecular flexibility index (Phi) is 5.59. The number of ether oxygens (including phenoxy) is 1. The van der Waals surface area contributed by atoms with Crippen LogP contribution in [-0.4, -0.2) is 58.8 Å². The lowest BCUT2D eigenvalue weighted by Crippen LogP contribution is -2.36. The molecule has 2 aliphatic heterocycles. The Morgan fingerprint density at radius 3 is 2.61 bits per heavy atom. The number of carbonyl (C=O) groups is 4. The Labute approximate surface area is 197 Å². The van der Waals surface area contributed by atoms with Gasteiger partial charge in [0.25, 0.3) is 0 Å². The van der Waals surface area contributed by atoms with Gasteiger partial charge in [-0.3, -0.25) is 19.3 Å². The summed E-state index contributed by atoms with van der Waals surface area (Å²) in [5.74, 6) is -1.11. The van der Waals surface area contributed by atoms with Gasteiger partial charge < -0.3 is 15.0 Å². The SMILES string of the molecule is COC(=O)N1CCc2c(sc(NC(=O)CN3C(=O)CCC3=O)c2-c2nc3ccccc3s2)C1. The fourth-order valence-electron chi connectivity index (χ4n) is 4.09. The van der Waals surface area contributed by atoms with E-state index >= 15 is 0 Å². The van der Waals surface area contributed by atoms with Crippen molar-refractivity contribution in [1.82, 2.24) is 14.8 Å². The molecule has 1 fully saturated rings. The van der Waals surface area contributed by atoms with Gasteiger partial charge in [0.1, 0.15) is 16.6 Å². The number of carbonyl (C=O) groups excluding carboxylic acids is 4. The zero-order chi connectivity index (χ0) is 23.1. The molecular formula is C22H20N4O5S2. The van der Waals surface area contributed by atoms with E-state index in [-0.39, 0.29) is 31.2 Å². The summed E-state index contributed by atoms with van der Waals surface area (Å²) >= 11 is 2.92. The van der Waals surface area contributed by atoms with Crippen molar-refractivity contribution < 1.29 is 23.9 Å². The number of likely N-dealkylation sites (tertiary alicyclic amines) is 1. The minimum atomic E-state index is -0.440. The number of hydrogen-bond donors (Lipinski definition) is 1. The summed E-state index contributed by atoms with van der Waals surface area (Å²) in [5.41, 5.74) is 2.76.